The van der Waals surface area contributed by atoms with E-state index in [1.165, 1.54) is 17.8 Å². The van der Waals surface area contributed by atoms with Gasteiger partial charge in [-0.2, -0.15) is 0 Å². The van der Waals surface area contributed by atoms with Crippen molar-refractivity contribution in [3.63, 3.8) is 0 Å². The van der Waals surface area contributed by atoms with E-state index in [4.69, 9.17) is 0 Å². The summed E-state index contributed by atoms with van der Waals surface area (Å²) in [6.07, 6.45) is 3.41. The van der Waals surface area contributed by atoms with Crippen molar-refractivity contribution in [3.05, 3.63) is 53.9 Å². The second kappa shape index (κ2) is 8.26. The quantitative estimate of drug-likeness (QED) is 0.822. The molecular weight excluding hydrogens is 379 g/mol. The first-order chi connectivity index (χ1) is 13.2. The van der Waals surface area contributed by atoms with E-state index in [0.29, 0.717) is 29.2 Å². The highest BCUT2D eigenvalue weighted by molar-refractivity contribution is 8.00. The van der Waals surface area contributed by atoms with Gasteiger partial charge in [-0.05, 0) is 18.1 Å². The molecule has 6 nitrogen and oxygen atoms in total. The van der Waals surface area contributed by atoms with Crippen molar-refractivity contribution in [1.82, 2.24) is 15.3 Å². The average molecular weight is 402 g/mol. The van der Waals surface area contributed by atoms with Crippen LogP contribution in [0.25, 0.3) is 0 Å². The fourth-order valence-electron chi connectivity index (χ4n) is 2.76. The van der Waals surface area contributed by atoms with Crippen molar-refractivity contribution in [2.45, 2.75) is 43.9 Å². The summed E-state index contributed by atoms with van der Waals surface area (Å²) >= 11 is 1.36. The molecule has 2 aromatic rings. The van der Waals surface area contributed by atoms with Crippen LogP contribution >= 0.6 is 11.8 Å². The lowest BCUT2D eigenvalue weighted by Crippen LogP contribution is -2.52. The van der Waals surface area contributed by atoms with Crippen LogP contribution in [0.4, 0.5) is 10.1 Å². The van der Waals surface area contributed by atoms with E-state index in [1.807, 2.05) is 20.8 Å². The monoisotopic (exact) mass is 402 g/mol. The molecule has 1 saturated heterocycles. The molecule has 0 spiro atoms. The van der Waals surface area contributed by atoms with E-state index >= 15 is 0 Å². The molecule has 2 atom stereocenters. The van der Waals surface area contributed by atoms with Gasteiger partial charge in [0, 0.05) is 11.2 Å². The van der Waals surface area contributed by atoms with Gasteiger partial charge in [-0.3, -0.25) is 9.59 Å². The number of halogens is 1. The zero-order chi connectivity index (χ0) is 20.3. The highest BCUT2D eigenvalue weighted by Gasteiger charge is 2.33. The number of carbonyl (C=O) groups is 2. The Morgan fingerprint density at radius 3 is 2.57 bits per heavy atom. The number of hydrogen-bond acceptors (Lipinski definition) is 5. The third-order valence-electron chi connectivity index (χ3n) is 4.34. The normalized spacial score (nSPS) is 19.8. The zero-order valence-electron chi connectivity index (χ0n) is 16.0. The molecule has 2 heterocycles. The molecule has 1 aromatic heterocycles. The van der Waals surface area contributed by atoms with Gasteiger partial charge in [0.15, 0.2) is 0 Å². The fourth-order valence-corrected chi connectivity index (χ4v) is 3.94. The van der Waals surface area contributed by atoms with Crippen molar-refractivity contribution in [2.24, 2.45) is 0 Å². The summed E-state index contributed by atoms with van der Waals surface area (Å²) in [4.78, 5) is 33.4. The van der Waals surface area contributed by atoms with Crippen molar-refractivity contribution < 1.29 is 14.0 Å². The molecule has 0 aliphatic carbocycles. The minimum atomic E-state index is -0.656. The number of rotatable bonds is 4. The molecule has 1 fully saturated rings. The van der Waals surface area contributed by atoms with Crippen LogP contribution in [0, 0.1) is 5.82 Å². The molecule has 1 aliphatic rings. The number of nitrogens with one attached hydrogen (secondary N) is 2. The van der Waals surface area contributed by atoms with Crippen molar-refractivity contribution in [3.8, 4) is 0 Å². The Labute approximate surface area is 167 Å². The molecule has 0 saturated carbocycles. The van der Waals surface area contributed by atoms with Crippen LogP contribution in [0.15, 0.2) is 36.7 Å². The van der Waals surface area contributed by atoms with Crippen LogP contribution in [-0.2, 0) is 21.4 Å². The minimum absolute atomic E-state index is 0.177. The van der Waals surface area contributed by atoms with Crippen molar-refractivity contribution in [2.75, 3.05) is 11.1 Å². The number of carbonyl (C=O) groups excluding carboxylic acids is 2. The van der Waals surface area contributed by atoms with Crippen LogP contribution in [0.3, 0.4) is 0 Å². The van der Waals surface area contributed by atoms with Crippen molar-refractivity contribution >= 4 is 29.3 Å². The van der Waals surface area contributed by atoms with Crippen LogP contribution < -0.4 is 10.6 Å². The molecule has 1 aromatic carbocycles. The van der Waals surface area contributed by atoms with Crippen LogP contribution in [0.5, 0.6) is 0 Å². The maximum atomic E-state index is 13.8. The Balaban J connectivity index is 1.57. The summed E-state index contributed by atoms with van der Waals surface area (Å²) in [5.41, 5.74) is 0.795. The lowest BCUT2D eigenvalue weighted by molar-refractivity contribution is -0.126. The maximum absolute atomic E-state index is 13.8. The van der Waals surface area contributed by atoms with Crippen molar-refractivity contribution in [1.29, 1.82) is 0 Å². The maximum Gasteiger partial charge on any atom is 0.247 e. The van der Waals surface area contributed by atoms with Crippen LogP contribution in [0.2, 0.25) is 0 Å². The second-order valence-electron chi connectivity index (χ2n) is 7.71. The largest absolute Gasteiger partial charge is 0.343 e. The van der Waals surface area contributed by atoms with Crippen LogP contribution in [-0.4, -0.2) is 38.8 Å². The molecule has 0 unspecified atom stereocenters. The molecule has 2 amide bonds. The third kappa shape index (κ3) is 4.86. The van der Waals surface area contributed by atoms with E-state index in [2.05, 4.69) is 20.6 Å². The van der Waals surface area contributed by atoms with Gasteiger partial charge >= 0.3 is 0 Å². The minimum Gasteiger partial charge on any atom is -0.343 e. The van der Waals surface area contributed by atoms with Gasteiger partial charge in [0.05, 0.1) is 23.3 Å². The van der Waals surface area contributed by atoms with E-state index in [1.54, 1.807) is 30.6 Å². The van der Waals surface area contributed by atoms with Gasteiger partial charge < -0.3 is 10.6 Å². The number of thioether (sulfide) groups is 1. The Bertz CT molecular complexity index is 867. The van der Waals surface area contributed by atoms with E-state index < -0.39 is 11.3 Å². The summed E-state index contributed by atoms with van der Waals surface area (Å²) < 4.78 is 13.8. The average Bonchev–Trinajstić information content (AvgIpc) is 2.64. The first kappa shape index (κ1) is 20.3. The summed E-state index contributed by atoms with van der Waals surface area (Å²) in [7, 11) is 0. The lowest BCUT2D eigenvalue weighted by atomic mass is 9.96. The first-order valence-electron chi connectivity index (χ1n) is 9.03. The first-order valence-corrected chi connectivity index (χ1v) is 10.1. The predicted octanol–water partition coefficient (Wildman–Crippen LogP) is 2.69. The Kier molecular flexibility index (Phi) is 5.98. The standard InChI is InChI=1S/C20H23FN4O2S/c1-20(2,3)19-22-9-13(10-23-19)24-17(26)15-11-28-16(18(27)25-15)8-12-6-4-5-7-14(12)21/h4-7,9-10,15-16H,8,11H2,1-3H3,(H,24,26)(H,25,27)/t15-,16+/m0/s1. The fraction of sp³-hybridized carbons (Fsp3) is 0.400. The van der Waals surface area contributed by atoms with E-state index in [0.717, 1.165) is 0 Å². The Morgan fingerprint density at radius 2 is 1.96 bits per heavy atom. The highest BCUT2D eigenvalue weighted by atomic mass is 32.2. The SMILES string of the molecule is CC(C)(C)c1ncc(NC(=O)[C@@H]2CS[C@H](Cc3ccccc3F)C(=O)N2)cn1. The highest BCUT2D eigenvalue weighted by Crippen LogP contribution is 2.24. The number of nitrogens with zero attached hydrogens (tertiary/aromatic N) is 2. The summed E-state index contributed by atoms with van der Waals surface area (Å²) in [6, 6.07) is 5.75. The number of benzene rings is 1. The number of aromatic nitrogens is 2. The topological polar surface area (TPSA) is 84.0 Å². The smallest absolute Gasteiger partial charge is 0.247 e. The van der Waals surface area contributed by atoms with E-state index in [9.17, 15) is 14.0 Å². The molecule has 0 radical (unpaired) electrons. The lowest BCUT2D eigenvalue weighted by Gasteiger charge is -2.28. The molecule has 28 heavy (non-hydrogen) atoms. The zero-order valence-corrected chi connectivity index (χ0v) is 16.8. The summed E-state index contributed by atoms with van der Waals surface area (Å²) in [6.45, 7) is 6.02. The molecule has 2 N–H and O–H groups in total. The van der Waals surface area contributed by atoms with Gasteiger partial charge in [0.1, 0.15) is 17.7 Å². The van der Waals surface area contributed by atoms with Gasteiger partial charge in [0.25, 0.3) is 0 Å². The third-order valence-corrected chi connectivity index (χ3v) is 5.65. The predicted molar refractivity (Wildman–Crippen MR) is 108 cm³/mol. The number of amides is 2. The molecule has 148 valence electrons. The molecule has 1 aliphatic heterocycles. The van der Waals surface area contributed by atoms with Gasteiger partial charge in [0.2, 0.25) is 11.8 Å². The van der Waals surface area contributed by atoms with Gasteiger partial charge in [-0.15, -0.1) is 11.8 Å². The molecular formula is C20H23FN4O2S. The summed E-state index contributed by atoms with van der Waals surface area (Å²) in [5.74, 6) is 0.186. The molecule has 3 rings (SSSR count). The molecule has 0 bridgehead atoms. The van der Waals surface area contributed by atoms with E-state index in [-0.39, 0.29) is 23.0 Å². The Morgan fingerprint density at radius 1 is 1.29 bits per heavy atom. The van der Waals surface area contributed by atoms with Gasteiger partial charge in [-0.25, -0.2) is 14.4 Å². The van der Waals surface area contributed by atoms with Gasteiger partial charge in [-0.1, -0.05) is 39.0 Å². The Hall–Kier alpha value is -2.48. The van der Waals surface area contributed by atoms with Crippen LogP contribution in [0.1, 0.15) is 32.2 Å². The number of hydrogen-bond donors (Lipinski definition) is 2. The summed E-state index contributed by atoms with van der Waals surface area (Å²) in [5, 5.41) is 5.04. The number of anilines is 1. The second-order valence-corrected chi connectivity index (χ2v) is 8.95. The molecule has 8 heteroatoms.